The van der Waals surface area contributed by atoms with Gasteiger partial charge in [0.25, 0.3) is 11.8 Å². The molecule has 0 heterocycles. The molecule has 0 saturated carbocycles. The predicted octanol–water partition coefficient (Wildman–Crippen LogP) is 5.50. The van der Waals surface area contributed by atoms with E-state index in [-0.39, 0.29) is 11.8 Å². The highest BCUT2D eigenvalue weighted by molar-refractivity contribution is 6.34. The maximum Gasteiger partial charge on any atom is 0.257 e. The molecule has 0 spiro atoms. The number of anilines is 2. The third-order valence-electron chi connectivity index (χ3n) is 3.64. The number of nitrogens with one attached hydrogen (secondary N) is 2. The lowest BCUT2D eigenvalue weighted by molar-refractivity contribution is 0.101. The summed E-state index contributed by atoms with van der Waals surface area (Å²) in [4.78, 5) is 24.5. The molecule has 0 bridgehead atoms. The molecule has 0 unspecified atom stereocenters. The van der Waals surface area contributed by atoms with Gasteiger partial charge in [-0.3, -0.25) is 9.59 Å². The van der Waals surface area contributed by atoms with E-state index >= 15 is 0 Å². The zero-order valence-corrected chi connectivity index (χ0v) is 15.0. The molecule has 0 aromatic heterocycles. The second-order valence-electron chi connectivity index (χ2n) is 5.45. The molecule has 0 atom stereocenters. The Morgan fingerprint density at radius 3 is 1.27 bits per heavy atom. The van der Waals surface area contributed by atoms with E-state index in [1.807, 2.05) is 0 Å². The molecule has 2 N–H and O–H groups in total. The van der Waals surface area contributed by atoms with Gasteiger partial charge in [0.05, 0.1) is 21.2 Å². The fourth-order valence-corrected chi connectivity index (χ4v) is 2.77. The molecule has 0 fully saturated rings. The number of hydrogen-bond acceptors (Lipinski definition) is 2. The van der Waals surface area contributed by atoms with Crippen LogP contribution in [0.2, 0.25) is 10.0 Å². The van der Waals surface area contributed by atoms with Crippen LogP contribution in [0.4, 0.5) is 11.4 Å². The molecule has 6 heteroatoms. The maximum absolute atomic E-state index is 12.2. The summed E-state index contributed by atoms with van der Waals surface area (Å²) in [5.41, 5.74) is 1.96. The topological polar surface area (TPSA) is 58.2 Å². The zero-order chi connectivity index (χ0) is 18.5. The van der Waals surface area contributed by atoms with Gasteiger partial charge in [0.15, 0.2) is 0 Å². The van der Waals surface area contributed by atoms with Crippen LogP contribution in [-0.4, -0.2) is 11.8 Å². The van der Waals surface area contributed by atoms with Crippen LogP contribution in [0.15, 0.2) is 72.8 Å². The van der Waals surface area contributed by atoms with Crippen LogP contribution in [0, 0.1) is 0 Å². The molecule has 4 nitrogen and oxygen atoms in total. The van der Waals surface area contributed by atoms with Crippen LogP contribution in [0.5, 0.6) is 0 Å². The highest BCUT2D eigenvalue weighted by Crippen LogP contribution is 2.20. The average molecular weight is 385 g/mol. The van der Waals surface area contributed by atoms with Crippen molar-refractivity contribution in [3.8, 4) is 0 Å². The van der Waals surface area contributed by atoms with Gasteiger partial charge in [0, 0.05) is 11.4 Å². The second kappa shape index (κ2) is 8.04. The Labute approximate surface area is 160 Å². The van der Waals surface area contributed by atoms with Crippen LogP contribution in [0.3, 0.4) is 0 Å². The first-order valence-corrected chi connectivity index (χ1v) is 8.52. The van der Waals surface area contributed by atoms with Crippen molar-refractivity contribution in [2.75, 3.05) is 10.6 Å². The van der Waals surface area contributed by atoms with Crippen LogP contribution in [0.25, 0.3) is 0 Å². The number of carbonyl (C=O) groups is 2. The van der Waals surface area contributed by atoms with Crippen molar-refractivity contribution >= 4 is 46.4 Å². The predicted molar refractivity (Wildman–Crippen MR) is 105 cm³/mol. The van der Waals surface area contributed by atoms with E-state index in [1.54, 1.807) is 72.8 Å². The third-order valence-corrected chi connectivity index (χ3v) is 4.30. The number of rotatable bonds is 4. The number of amides is 2. The van der Waals surface area contributed by atoms with Gasteiger partial charge in [-0.2, -0.15) is 0 Å². The van der Waals surface area contributed by atoms with E-state index < -0.39 is 0 Å². The normalized spacial score (nSPS) is 10.2. The summed E-state index contributed by atoms with van der Waals surface area (Å²) in [5, 5.41) is 6.29. The fourth-order valence-electron chi connectivity index (χ4n) is 2.32. The molecule has 3 aromatic rings. The van der Waals surface area contributed by atoms with Gasteiger partial charge in [-0.15, -0.1) is 0 Å². The molecule has 0 saturated heterocycles. The minimum absolute atomic E-state index is 0.302. The standard InChI is InChI=1S/C20H14Cl2N2O2/c21-17-7-3-1-5-15(17)19(25)23-13-9-11-14(12-10-13)24-20(26)16-6-2-4-8-18(16)22/h1-12H,(H,23,25)(H,24,26). The summed E-state index contributed by atoms with van der Waals surface area (Å²) >= 11 is 12.0. The van der Waals surface area contributed by atoms with Crippen LogP contribution < -0.4 is 10.6 Å². The highest BCUT2D eigenvalue weighted by atomic mass is 35.5. The molecule has 26 heavy (non-hydrogen) atoms. The monoisotopic (exact) mass is 384 g/mol. The summed E-state index contributed by atoms with van der Waals surface area (Å²) in [5.74, 6) is -0.605. The van der Waals surface area contributed by atoms with E-state index in [9.17, 15) is 9.59 Å². The van der Waals surface area contributed by atoms with E-state index in [0.717, 1.165) is 0 Å². The van der Waals surface area contributed by atoms with E-state index in [2.05, 4.69) is 10.6 Å². The minimum Gasteiger partial charge on any atom is -0.322 e. The molecule has 0 radical (unpaired) electrons. The molecule has 0 aliphatic rings. The van der Waals surface area contributed by atoms with Crippen LogP contribution in [-0.2, 0) is 0 Å². The first-order chi connectivity index (χ1) is 12.5. The van der Waals surface area contributed by atoms with E-state index in [1.165, 1.54) is 0 Å². The van der Waals surface area contributed by atoms with Gasteiger partial charge in [-0.05, 0) is 48.5 Å². The summed E-state index contributed by atoms with van der Waals surface area (Å²) in [7, 11) is 0. The first-order valence-electron chi connectivity index (χ1n) is 7.76. The van der Waals surface area contributed by atoms with Crippen molar-refractivity contribution in [3.05, 3.63) is 94.0 Å². The van der Waals surface area contributed by atoms with Crippen molar-refractivity contribution in [2.24, 2.45) is 0 Å². The van der Waals surface area contributed by atoms with Gasteiger partial charge >= 0.3 is 0 Å². The molecular formula is C20H14Cl2N2O2. The molecule has 130 valence electrons. The van der Waals surface area contributed by atoms with E-state index in [4.69, 9.17) is 23.2 Å². The van der Waals surface area contributed by atoms with Gasteiger partial charge in [-0.25, -0.2) is 0 Å². The number of benzene rings is 3. The minimum atomic E-state index is -0.302. The Morgan fingerprint density at radius 1 is 0.577 bits per heavy atom. The molecule has 2 amide bonds. The largest absolute Gasteiger partial charge is 0.322 e. The molecule has 3 rings (SSSR count). The summed E-state index contributed by atoms with van der Waals surface area (Å²) in [6.07, 6.45) is 0. The summed E-state index contributed by atoms with van der Waals surface area (Å²) in [6.45, 7) is 0. The Morgan fingerprint density at radius 2 is 0.923 bits per heavy atom. The van der Waals surface area contributed by atoms with Gasteiger partial charge in [0.2, 0.25) is 0 Å². The second-order valence-corrected chi connectivity index (χ2v) is 6.26. The highest BCUT2D eigenvalue weighted by Gasteiger charge is 2.11. The van der Waals surface area contributed by atoms with Crippen molar-refractivity contribution < 1.29 is 9.59 Å². The quantitative estimate of drug-likeness (QED) is 0.623. The lowest BCUT2D eigenvalue weighted by Crippen LogP contribution is -2.13. The van der Waals surface area contributed by atoms with Crippen LogP contribution >= 0.6 is 23.2 Å². The molecular weight excluding hydrogens is 371 g/mol. The Balaban J connectivity index is 1.67. The number of carbonyl (C=O) groups excluding carboxylic acids is 2. The maximum atomic E-state index is 12.2. The average Bonchev–Trinajstić information content (AvgIpc) is 2.64. The Hall–Kier alpha value is -2.82. The van der Waals surface area contributed by atoms with Crippen molar-refractivity contribution in [3.63, 3.8) is 0 Å². The van der Waals surface area contributed by atoms with Crippen LogP contribution in [0.1, 0.15) is 20.7 Å². The molecule has 0 aliphatic carbocycles. The SMILES string of the molecule is O=C(Nc1ccc(NC(=O)c2ccccc2Cl)cc1)c1ccccc1Cl. The zero-order valence-electron chi connectivity index (χ0n) is 13.5. The summed E-state index contributed by atoms with van der Waals surface area (Å²) < 4.78 is 0. The van der Waals surface area contributed by atoms with Crippen molar-refractivity contribution in [2.45, 2.75) is 0 Å². The third kappa shape index (κ3) is 4.23. The lowest BCUT2D eigenvalue weighted by Gasteiger charge is -2.09. The van der Waals surface area contributed by atoms with Gasteiger partial charge < -0.3 is 10.6 Å². The fraction of sp³-hybridized carbons (Fsp3) is 0. The molecule has 0 aliphatic heterocycles. The first kappa shape index (κ1) is 18.0. The molecule has 3 aromatic carbocycles. The lowest BCUT2D eigenvalue weighted by atomic mass is 10.2. The Kier molecular flexibility index (Phi) is 5.56. The van der Waals surface area contributed by atoms with E-state index in [0.29, 0.717) is 32.5 Å². The van der Waals surface area contributed by atoms with Gasteiger partial charge in [0.1, 0.15) is 0 Å². The summed E-state index contributed by atoms with van der Waals surface area (Å²) in [6, 6.07) is 20.4. The van der Waals surface area contributed by atoms with Crippen molar-refractivity contribution in [1.82, 2.24) is 0 Å². The number of hydrogen-bond donors (Lipinski definition) is 2. The van der Waals surface area contributed by atoms with Crippen molar-refractivity contribution in [1.29, 1.82) is 0 Å². The smallest absolute Gasteiger partial charge is 0.257 e. The Bertz CT molecular complexity index is 878. The van der Waals surface area contributed by atoms with Gasteiger partial charge in [-0.1, -0.05) is 47.5 Å². The number of halogens is 2.